The fourth-order valence-corrected chi connectivity index (χ4v) is 3.31. The number of aromatic nitrogens is 4. The summed E-state index contributed by atoms with van der Waals surface area (Å²) in [6.07, 6.45) is 1.80. The van der Waals surface area contributed by atoms with Crippen LogP contribution < -0.4 is 5.32 Å². The zero-order valence-corrected chi connectivity index (χ0v) is 14.6. The van der Waals surface area contributed by atoms with Gasteiger partial charge in [0.2, 0.25) is 0 Å². The van der Waals surface area contributed by atoms with Crippen molar-refractivity contribution in [1.29, 1.82) is 0 Å². The van der Waals surface area contributed by atoms with Gasteiger partial charge >= 0.3 is 0 Å². The van der Waals surface area contributed by atoms with Gasteiger partial charge in [0, 0.05) is 21.4 Å². The molecular formula is C13H17Br2N5. The van der Waals surface area contributed by atoms with Gasteiger partial charge in [0.05, 0.1) is 7.05 Å². The molecule has 5 nitrogen and oxygen atoms in total. The molecule has 1 unspecified atom stereocenters. The van der Waals surface area contributed by atoms with E-state index in [1.165, 1.54) is 10.4 Å². The lowest BCUT2D eigenvalue weighted by atomic mass is 10.0. The van der Waals surface area contributed by atoms with E-state index >= 15 is 0 Å². The van der Waals surface area contributed by atoms with E-state index in [0.29, 0.717) is 6.42 Å². The molecule has 1 aromatic heterocycles. The van der Waals surface area contributed by atoms with Crippen LogP contribution in [0, 0.1) is 0 Å². The molecule has 20 heavy (non-hydrogen) atoms. The van der Waals surface area contributed by atoms with Crippen LogP contribution in [0.2, 0.25) is 0 Å². The molecule has 0 spiro atoms. The fraction of sp³-hybridized carbons (Fsp3) is 0.462. The maximum absolute atomic E-state index is 4.26. The van der Waals surface area contributed by atoms with Gasteiger partial charge < -0.3 is 5.32 Å². The summed E-state index contributed by atoms with van der Waals surface area (Å²) >= 11 is 7.11. The van der Waals surface area contributed by atoms with Crippen LogP contribution in [0.1, 0.15) is 30.8 Å². The van der Waals surface area contributed by atoms with Gasteiger partial charge in [-0.15, -0.1) is 10.2 Å². The summed E-state index contributed by atoms with van der Waals surface area (Å²) in [4.78, 5) is 1.49. The summed E-state index contributed by atoms with van der Waals surface area (Å²) in [5, 5.41) is 15.8. The molecule has 0 radical (unpaired) electrons. The molecule has 0 bridgehead atoms. The zero-order chi connectivity index (χ0) is 14.5. The van der Waals surface area contributed by atoms with Crippen LogP contribution in [0.15, 0.2) is 27.1 Å². The fourth-order valence-electron chi connectivity index (χ4n) is 1.98. The highest BCUT2D eigenvalue weighted by molar-refractivity contribution is 9.11. The van der Waals surface area contributed by atoms with Crippen LogP contribution in [-0.4, -0.2) is 26.8 Å². The van der Waals surface area contributed by atoms with Gasteiger partial charge in [0.15, 0.2) is 5.82 Å². The number of hydrogen-bond acceptors (Lipinski definition) is 4. The van der Waals surface area contributed by atoms with E-state index in [0.717, 1.165) is 27.7 Å². The first kappa shape index (κ1) is 15.6. The largest absolute Gasteiger partial charge is 0.310 e. The lowest BCUT2D eigenvalue weighted by molar-refractivity contribution is 0.515. The van der Waals surface area contributed by atoms with Crippen LogP contribution in [0.5, 0.6) is 0 Å². The minimum absolute atomic E-state index is 0.168. The van der Waals surface area contributed by atoms with Crippen LogP contribution in [0.25, 0.3) is 0 Å². The molecule has 1 aromatic carbocycles. The Balaban J connectivity index is 2.22. The Morgan fingerprint density at radius 1 is 1.35 bits per heavy atom. The van der Waals surface area contributed by atoms with E-state index in [1.807, 2.05) is 6.07 Å². The normalized spacial score (nSPS) is 12.6. The first-order chi connectivity index (χ1) is 9.60. The molecule has 0 saturated heterocycles. The quantitative estimate of drug-likeness (QED) is 0.806. The Morgan fingerprint density at radius 2 is 2.15 bits per heavy atom. The molecule has 1 atom stereocenters. The Morgan fingerprint density at radius 3 is 2.75 bits per heavy atom. The molecule has 108 valence electrons. The number of aryl methyl sites for hydroxylation is 1. The summed E-state index contributed by atoms with van der Waals surface area (Å²) in [6.45, 7) is 3.11. The summed E-state index contributed by atoms with van der Waals surface area (Å²) < 4.78 is 2.13. The molecule has 0 aliphatic heterocycles. The Labute approximate surface area is 135 Å². The van der Waals surface area contributed by atoms with Gasteiger partial charge in [-0.05, 0) is 35.9 Å². The summed E-state index contributed by atoms with van der Waals surface area (Å²) in [7, 11) is 1.78. The Bertz CT molecular complexity index is 570. The predicted octanol–water partition coefficient (Wildman–Crippen LogP) is 3.02. The molecule has 1 N–H and O–H groups in total. The van der Waals surface area contributed by atoms with Crippen LogP contribution in [0.4, 0.5) is 0 Å². The molecule has 0 fully saturated rings. The van der Waals surface area contributed by atoms with Crippen LogP contribution in [0.3, 0.4) is 0 Å². The van der Waals surface area contributed by atoms with Gasteiger partial charge in [0.1, 0.15) is 0 Å². The molecule has 2 rings (SSSR count). The number of nitrogens with zero attached hydrogens (tertiary/aromatic N) is 4. The number of halogens is 2. The second-order valence-corrected chi connectivity index (χ2v) is 6.34. The minimum atomic E-state index is 0.168. The molecule has 0 saturated carbocycles. The third-order valence-electron chi connectivity index (χ3n) is 2.92. The van der Waals surface area contributed by atoms with E-state index in [4.69, 9.17) is 0 Å². The smallest absolute Gasteiger partial charge is 0.176 e. The molecule has 7 heteroatoms. The van der Waals surface area contributed by atoms with E-state index in [-0.39, 0.29) is 6.04 Å². The Hall–Kier alpha value is -0.790. The highest BCUT2D eigenvalue weighted by atomic mass is 79.9. The average molecular weight is 403 g/mol. The van der Waals surface area contributed by atoms with Crippen molar-refractivity contribution in [3.63, 3.8) is 0 Å². The Kier molecular flexibility index (Phi) is 5.68. The summed E-state index contributed by atoms with van der Waals surface area (Å²) in [5.74, 6) is 0.746. The maximum Gasteiger partial charge on any atom is 0.176 e. The number of nitrogens with one attached hydrogen (secondary N) is 1. The van der Waals surface area contributed by atoms with Crippen LogP contribution in [-0.2, 0) is 13.5 Å². The third-order valence-corrected chi connectivity index (χ3v) is 4.10. The number of rotatable bonds is 6. The molecule has 0 aliphatic carbocycles. The van der Waals surface area contributed by atoms with E-state index in [1.54, 1.807) is 7.05 Å². The van der Waals surface area contributed by atoms with E-state index in [2.05, 4.69) is 71.6 Å². The van der Waals surface area contributed by atoms with Gasteiger partial charge in [-0.1, -0.05) is 44.8 Å². The second-order valence-electron chi connectivity index (χ2n) is 4.57. The SMILES string of the molecule is CCCNC(Cc1nnn(C)n1)c1ccc(Br)cc1Br. The van der Waals surface area contributed by atoms with Crippen molar-refractivity contribution in [2.75, 3.05) is 6.54 Å². The number of tetrazole rings is 1. The zero-order valence-electron chi connectivity index (χ0n) is 11.5. The van der Waals surface area contributed by atoms with Crippen molar-refractivity contribution in [3.8, 4) is 0 Å². The van der Waals surface area contributed by atoms with Crippen molar-refractivity contribution in [2.45, 2.75) is 25.8 Å². The monoisotopic (exact) mass is 401 g/mol. The minimum Gasteiger partial charge on any atom is -0.310 e. The lowest BCUT2D eigenvalue weighted by Gasteiger charge is -2.19. The van der Waals surface area contributed by atoms with E-state index < -0.39 is 0 Å². The maximum atomic E-state index is 4.26. The summed E-state index contributed by atoms with van der Waals surface area (Å²) in [6, 6.07) is 6.38. The van der Waals surface area contributed by atoms with Crippen molar-refractivity contribution < 1.29 is 0 Å². The summed E-state index contributed by atoms with van der Waals surface area (Å²) in [5.41, 5.74) is 1.20. The van der Waals surface area contributed by atoms with E-state index in [9.17, 15) is 0 Å². The first-order valence-electron chi connectivity index (χ1n) is 6.51. The lowest BCUT2D eigenvalue weighted by Crippen LogP contribution is -2.25. The molecular weight excluding hydrogens is 386 g/mol. The third kappa shape index (κ3) is 4.10. The predicted molar refractivity (Wildman–Crippen MR) is 85.4 cm³/mol. The van der Waals surface area contributed by atoms with Gasteiger partial charge in [-0.3, -0.25) is 0 Å². The van der Waals surface area contributed by atoms with Crippen molar-refractivity contribution in [3.05, 3.63) is 38.5 Å². The number of benzene rings is 1. The van der Waals surface area contributed by atoms with Crippen LogP contribution >= 0.6 is 31.9 Å². The van der Waals surface area contributed by atoms with Gasteiger partial charge in [-0.2, -0.15) is 4.80 Å². The van der Waals surface area contributed by atoms with Crippen molar-refractivity contribution in [1.82, 2.24) is 25.5 Å². The highest BCUT2D eigenvalue weighted by Crippen LogP contribution is 2.28. The van der Waals surface area contributed by atoms with Gasteiger partial charge in [0.25, 0.3) is 0 Å². The van der Waals surface area contributed by atoms with Gasteiger partial charge in [-0.25, -0.2) is 0 Å². The standard InChI is InChI=1S/C13H17Br2N5/c1-3-6-16-12(8-13-17-19-20(2)18-13)10-5-4-9(14)7-11(10)15/h4-5,7,12,16H,3,6,8H2,1-2H3. The van der Waals surface area contributed by atoms with Crippen molar-refractivity contribution in [2.24, 2.45) is 7.05 Å². The molecule has 1 heterocycles. The molecule has 0 aliphatic rings. The van der Waals surface area contributed by atoms with Crippen molar-refractivity contribution >= 4 is 31.9 Å². The highest BCUT2D eigenvalue weighted by Gasteiger charge is 2.17. The first-order valence-corrected chi connectivity index (χ1v) is 8.10. The topological polar surface area (TPSA) is 55.6 Å². The average Bonchev–Trinajstić information content (AvgIpc) is 2.80. The molecule has 0 amide bonds. The molecule has 2 aromatic rings. The second kappa shape index (κ2) is 7.28. The number of hydrogen-bond donors (Lipinski definition) is 1.